The maximum Gasteiger partial charge on any atom is 0.325 e. The Morgan fingerprint density at radius 1 is 1.19 bits per heavy atom. The number of rotatable bonds is 7. The van der Waals surface area contributed by atoms with E-state index in [2.05, 4.69) is 53.5 Å². The highest BCUT2D eigenvalue weighted by Gasteiger charge is 2.14. The van der Waals surface area contributed by atoms with Crippen LogP contribution in [0.5, 0.6) is 0 Å². The van der Waals surface area contributed by atoms with Crippen molar-refractivity contribution in [1.82, 2.24) is 15.0 Å². The molecule has 0 radical (unpaired) electrons. The molecule has 6 heteroatoms. The Bertz CT molecular complexity index is 897. The van der Waals surface area contributed by atoms with Gasteiger partial charge in [0, 0.05) is 28.9 Å². The lowest BCUT2D eigenvalue weighted by atomic mass is 10.1. The Kier molecular flexibility index (Phi) is 6.40. The molecule has 5 nitrogen and oxygen atoms in total. The average Bonchev–Trinajstić information content (AvgIpc) is 2.87. The largest absolute Gasteiger partial charge is 0.383 e. The summed E-state index contributed by atoms with van der Waals surface area (Å²) in [7, 11) is 0. The standard InChI is InChI=1S/C21H26N4OS/c1-4-11-22-21(26)25-27-15-7-5-8-16-17-9-6-10-18(23-13-14(2)3)20(17)24-19(16)12-15/h5-10,12,14,23H,4,11,13H2,1-3H3,(H2,22,25,26). The molecule has 1 aliphatic carbocycles. The van der Waals surface area contributed by atoms with Gasteiger partial charge in [0.25, 0.3) is 0 Å². The molecule has 2 aliphatic rings. The van der Waals surface area contributed by atoms with Crippen LogP contribution in [-0.2, 0) is 0 Å². The molecule has 1 heterocycles. The van der Waals surface area contributed by atoms with Gasteiger partial charge in [0.1, 0.15) is 0 Å². The summed E-state index contributed by atoms with van der Waals surface area (Å²) in [5.74, 6) is 0.565. The molecule has 0 aromatic heterocycles. The van der Waals surface area contributed by atoms with Gasteiger partial charge in [0.2, 0.25) is 0 Å². The number of para-hydroxylation sites is 1. The molecule has 1 aliphatic heterocycles. The first-order valence-electron chi connectivity index (χ1n) is 9.35. The molecular formula is C21H26N4OS. The quantitative estimate of drug-likeness (QED) is 0.496. The summed E-state index contributed by atoms with van der Waals surface area (Å²) >= 11 is 1.30. The van der Waals surface area contributed by atoms with Gasteiger partial charge in [-0.25, -0.2) is 9.78 Å². The molecule has 0 bridgehead atoms. The van der Waals surface area contributed by atoms with Crippen molar-refractivity contribution in [3.63, 3.8) is 0 Å². The minimum Gasteiger partial charge on any atom is -0.383 e. The summed E-state index contributed by atoms with van der Waals surface area (Å²) in [6.07, 6.45) is 0.913. The van der Waals surface area contributed by atoms with E-state index >= 15 is 0 Å². The number of fused-ring (bicyclic) bond motifs is 3. The number of carbonyl (C=O) groups is 1. The van der Waals surface area contributed by atoms with Gasteiger partial charge in [-0.15, -0.1) is 0 Å². The van der Waals surface area contributed by atoms with Crippen molar-refractivity contribution in [3.8, 4) is 11.3 Å². The highest BCUT2D eigenvalue weighted by atomic mass is 32.2. The molecule has 3 rings (SSSR count). The third-order valence-corrected chi connectivity index (χ3v) is 4.91. The van der Waals surface area contributed by atoms with Gasteiger partial charge in [0.15, 0.2) is 0 Å². The van der Waals surface area contributed by atoms with Gasteiger partial charge in [-0.1, -0.05) is 45.0 Å². The number of carbonyl (C=O) groups excluding carboxylic acids is 1. The Morgan fingerprint density at radius 3 is 2.78 bits per heavy atom. The molecule has 0 spiro atoms. The predicted octanol–water partition coefficient (Wildman–Crippen LogP) is 5.12. The van der Waals surface area contributed by atoms with E-state index in [0.29, 0.717) is 12.5 Å². The van der Waals surface area contributed by atoms with Crippen LogP contribution in [0.2, 0.25) is 0 Å². The third kappa shape index (κ3) is 4.83. The summed E-state index contributed by atoms with van der Waals surface area (Å²) in [6, 6.07) is 14.2. The number of anilines is 1. The van der Waals surface area contributed by atoms with Crippen LogP contribution in [0.4, 0.5) is 10.5 Å². The molecular weight excluding hydrogens is 356 g/mol. The fourth-order valence-electron chi connectivity index (χ4n) is 2.81. The Morgan fingerprint density at radius 2 is 2.00 bits per heavy atom. The zero-order valence-electron chi connectivity index (χ0n) is 16.0. The van der Waals surface area contributed by atoms with E-state index in [-0.39, 0.29) is 6.03 Å². The summed E-state index contributed by atoms with van der Waals surface area (Å²) < 4.78 is 2.82. The van der Waals surface area contributed by atoms with Crippen LogP contribution in [0.15, 0.2) is 47.4 Å². The minimum atomic E-state index is -0.176. The van der Waals surface area contributed by atoms with Gasteiger partial charge < -0.3 is 10.6 Å². The van der Waals surface area contributed by atoms with E-state index in [4.69, 9.17) is 4.98 Å². The van der Waals surface area contributed by atoms with Crippen molar-refractivity contribution in [2.75, 3.05) is 18.4 Å². The van der Waals surface area contributed by atoms with E-state index in [1.807, 2.05) is 25.1 Å². The van der Waals surface area contributed by atoms with Gasteiger partial charge in [-0.05, 0) is 42.5 Å². The van der Waals surface area contributed by atoms with Crippen LogP contribution in [0.25, 0.3) is 22.2 Å². The summed E-state index contributed by atoms with van der Waals surface area (Å²) in [6.45, 7) is 7.98. The first-order valence-corrected chi connectivity index (χ1v) is 10.2. The second-order valence-corrected chi connectivity index (χ2v) is 7.80. The average molecular weight is 383 g/mol. The van der Waals surface area contributed by atoms with Crippen LogP contribution in [0, 0.1) is 5.92 Å². The monoisotopic (exact) mass is 382 g/mol. The highest BCUT2D eigenvalue weighted by Crippen LogP contribution is 2.35. The molecule has 0 atom stereocenters. The van der Waals surface area contributed by atoms with Crippen molar-refractivity contribution < 1.29 is 4.79 Å². The van der Waals surface area contributed by atoms with Crippen molar-refractivity contribution in [2.24, 2.45) is 5.92 Å². The number of nitrogens with zero attached hydrogens (tertiary/aromatic N) is 1. The maximum absolute atomic E-state index is 11.8. The normalized spacial score (nSPS) is 11.1. The molecule has 1 aromatic rings. The molecule has 0 saturated heterocycles. The lowest BCUT2D eigenvalue weighted by Crippen LogP contribution is -2.31. The van der Waals surface area contributed by atoms with Gasteiger partial charge in [-0.2, -0.15) is 0 Å². The molecule has 3 N–H and O–H groups in total. The topological polar surface area (TPSA) is 66.1 Å². The summed E-state index contributed by atoms with van der Waals surface area (Å²) in [5, 5.41) is 7.44. The van der Waals surface area contributed by atoms with Crippen LogP contribution in [-0.4, -0.2) is 24.1 Å². The van der Waals surface area contributed by atoms with E-state index in [9.17, 15) is 4.79 Å². The van der Waals surface area contributed by atoms with E-state index in [1.165, 1.54) is 11.9 Å². The molecule has 27 heavy (non-hydrogen) atoms. The third-order valence-electron chi connectivity index (χ3n) is 4.13. The van der Waals surface area contributed by atoms with E-state index < -0.39 is 0 Å². The molecule has 142 valence electrons. The Hall–Kier alpha value is -2.47. The highest BCUT2D eigenvalue weighted by molar-refractivity contribution is 7.98. The lowest BCUT2D eigenvalue weighted by molar-refractivity contribution is 0.246. The molecule has 2 amide bonds. The zero-order chi connectivity index (χ0) is 19.2. The van der Waals surface area contributed by atoms with Crippen LogP contribution in [0.3, 0.4) is 0 Å². The first kappa shape index (κ1) is 19.3. The van der Waals surface area contributed by atoms with E-state index in [0.717, 1.165) is 45.7 Å². The van der Waals surface area contributed by atoms with Gasteiger partial charge in [0.05, 0.1) is 16.9 Å². The van der Waals surface area contributed by atoms with Crippen molar-refractivity contribution in [3.05, 3.63) is 42.5 Å². The van der Waals surface area contributed by atoms with Crippen LogP contribution < -0.4 is 15.4 Å². The second kappa shape index (κ2) is 8.95. The number of benzene rings is 1. The molecule has 0 saturated carbocycles. The van der Waals surface area contributed by atoms with Crippen molar-refractivity contribution in [2.45, 2.75) is 32.1 Å². The number of nitrogens with one attached hydrogen (secondary N) is 3. The summed E-state index contributed by atoms with van der Waals surface area (Å²) in [5.41, 5.74) is 4.09. The number of amides is 2. The van der Waals surface area contributed by atoms with Crippen LogP contribution >= 0.6 is 11.9 Å². The van der Waals surface area contributed by atoms with E-state index in [1.54, 1.807) is 0 Å². The SMILES string of the molecule is CCCNC(=O)NSc1cccc2c3cccc(NCC(C)C)c3nc-2c1. The smallest absolute Gasteiger partial charge is 0.325 e. The second-order valence-electron chi connectivity index (χ2n) is 6.92. The van der Waals surface area contributed by atoms with Gasteiger partial charge >= 0.3 is 6.03 Å². The molecule has 0 fully saturated rings. The lowest BCUT2D eigenvalue weighted by Gasteiger charge is -2.09. The maximum atomic E-state index is 11.8. The molecule has 1 aromatic carbocycles. The number of hydrogen-bond acceptors (Lipinski definition) is 4. The number of hydrogen-bond donors (Lipinski definition) is 3. The minimum absolute atomic E-state index is 0.176. The fourth-order valence-corrected chi connectivity index (χ4v) is 3.41. The van der Waals surface area contributed by atoms with Gasteiger partial charge in [-0.3, -0.25) is 4.72 Å². The number of aromatic nitrogens is 1. The predicted molar refractivity (Wildman–Crippen MR) is 114 cm³/mol. The summed E-state index contributed by atoms with van der Waals surface area (Å²) in [4.78, 5) is 17.6. The number of urea groups is 1. The van der Waals surface area contributed by atoms with Crippen molar-refractivity contribution in [1.29, 1.82) is 0 Å². The fraction of sp³-hybridized carbons (Fsp3) is 0.333. The zero-order valence-corrected chi connectivity index (χ0v) is 16.8. The van der Waals surface area contributed by atoms with Crippen LogP contribution in [0.1, 0.15) is 27.2 Å². The Balaban J connectivity index is 1.86. The first-order chi connectivity index (χ1) is 13.1. The molecule has 0 unspecified atom stereocenters. The Labute approximate surface area is 164 Å². The van der Waals surface area contributed by atoms with Crippen molar-refractivity contribution >= 4 is 34.6 Å².